The van der Waals surface area contributed by atoms with Crippen LogP contribution in [0.5, 0.6) is 0 Å². The van der Waals surface area contributed by atoms with Crippen molar-refractivity contribution in [2.75, 3.05) is 0 Å². The summed E-state index contributed by atoms with van der Waals surface area (Å²) in [5, 5.41) is 4.81. The average molecular weight is 248 g/mol. The largest absolute Gasteiger partial charge is 0.351 e. The van der Waals surface area contributed by atoms with Gasteiger partial charge in [-0.25, -0.2) is 0 Å². The molecule has 0 aromatic carbocycles. The maximum atomic E-state index is 10.9. The van der Waals surface area contributed by atoms with Gasteiger partial charge in [-0.3, -0.25) is 4.79 Å². The summed E-state index contributed by atoms with van der Waals surface area (Å²) in [7, 11) is 0. The molecule has 0 radical (unpaired) electrons. The first kappa shape index (κ1) is 9.74. The number of rotatable bonds is 3. The van der Waals surface area contributed by atoms with E-state index in [9.17, 15) is 4.79 Å². The summed E-state index contributed by atoms with van der Waals surface area (Å²) in [6.07, 6.45) is 0.545. The van der Waals surface area contributed by atoms with Crippen LogP contribution in [0.1, 0.15) is 18.2 Å². The molecule has 12 heavy (non-hydrogen) atoms. The molecule has 1 aromatic heterocycles. The van der Waals surface area contributed by atoms with Crippen molar-refractivity contribution in [3.05, 3.63) is 20.8 Å². The second kappa shape index (κ2) is 4.62. The summed E-state index contributed by atoms with van der Waals surface area (Å²) in [5.41, 5.74) is 0. The Morgan fingerprint density at radius 1 is 1.75 bits per heavy atom. The van der Waals surface area contributed by atoms with Crippen LogP contribution in [0.2, 0.25) is 0 Å². The number of amides is 1. The first-order valence-corrected chi connectivity index (χ1v) is 5.40. The fraction of sp³-hybridized carbons (Fsp3) is 0.375. The molecular weight excluding hydrogens is 238 g/mol. The Bertz CT molecular complexity index is 272. The van der Waals surface area contributed by atoms with E-state index in [1.54, 1.807) is 11.3 Å². The topological polar surface area (TPSA) is 29.1 Å². The van der Waals surface area contributed by atoms with Crippen LogP contribution in [0.25, 0.3) is 0 Å². The molecule has 4 heteroatoms. The number of thiophene rings is 1. The zero-order valence-electron chi connectivity index (χ0n) is 6.76. The standard InChI is InChI=1S/C8H10BrNOS/c1-2-8(11)10-5-7-6(9)3-4-12-7/h3-4H,2,5H2,1H3,(H,10,11). The van der Waals surface area contributed by atoms with Crippen LogP contribution in [-0.4, -0.2) is 5.91 Å². The van der Waals surface area contributed by atoms with E-state index in [0.717, 1.165) is 9.35 Å². The summed E-state index contributed by atoms with van der Waals surface area (Å²) in [5.74, 6) is 0.0929. The van der Waals surface area contributed by atoms with Gasteiger partial charge in [0.2, 0.25) is 5.91 Å². The number of hydrogen-bond acceptors (Lipinski definition) is 2. The Hall–Kier alpha value is -0.350. The molecule has 1 rings (SSSR count). The lowest BCUT2D eigenvalue weighted by Gasteiger charge is -2.00. The fourth-order valence-corrected chi connectivity index (χ4v) is 2.19. The van der Waals surface area contributed by atoms with E-state index in [4.69, 9.17) is 0 Å². The van der Waals surface area contributed by atoms with Gasteiger partial charge in [0.15, 0.2) is 0 Å². The minimum Gasteiger partial charge on any atom is -0.351 e. The molecule has 0 atom stereocenters. The van der Waals surface area contributed by atoms with Crippen molar-refractivity contribution < 1.29 is 4.79 Å². The molecule has 0 unspecified atom stereocenters. The lowest BCUT2D eigenvalue weighted by molar-refractivity contribution is -0.120. The van der Waals surface area contributed by atoms with Crippen molar-refractivity contribution in [2.45, 2.75) is 19.9 Å². The van der Waals surface area contributed by atoms with E-state index >= 15 is 0 Å². The van der Waals surface area contributed by atoms with Gasteiger partial charge in [0.05, 0.1) is 6.54 Å². The van der Waals surface area contributed by atoms with Crippen LogP contribution < -0.4 is 5.32 Å². The highest BCUT2D eigenvalue weighted by Gasteiger charge is 2.02. The van der Waals surface area contributed by atoms with Crippen molar-refractivity contribution in [2.24, 2.45) is 0 Å². The number of halogens is 1. The van der Waals surface area contributed by atoms with Crippen LogP contribution in [0.4, 0.5) is 0 Å². The smallest absolute Gasteiger partial charge is 0.220 e. The summed E-state index contributed by atoms with van der Waals surface area (Å²) >= 11 is 5.04. The second-order valence-corrected chi connectivity index (χ2v) is 4.18. The van der Waals surface area contributed by atoms with Gasteiger partial charge in [0.25, 0.3) is 0 Å². The minimum absolute atomic E-state index is 0.0929. The van der Waals surface area contributed by atoms with Crippen molar-refractivity contribution in [3.8, 4) is 0 Å². The Labute approximate surface area is 84.1 Å². The zero-order valence-corrected chi connectivity index (χ0v) is 9.17. The second-order valence-electron chi connectivity index (χ2n) is 2.32. The lowest BCUT2D eigenvalue weighted by Crippen LogP contribution is -2.20. The van der Waals surface area contributed by atoms with Crippen molar-refractivity contribution in [3.63, 3.8) is 0 Å². The van der Waals surface area contributed by atoms with Gasteiger partial charge in [0.1, 0.15) is 0 Å². The Balaban J connectivity index is 2.43. The first-order chi connectivity index (χ1) is 5.74. The molecule has 0 bridgehead atoms. The molecule has 2 nitrogen and oxygen atoms in total. The molecule has 0 saturated carbocycles. The van der Waals surface area contributed by atoms with Crippen LogP contribution in [0.3, 0.4) is 0 Å². The van der Waals surface area contributed by atoms with Gasteiger partial charge in [0, 0.05) is 15.8 Å². The molecule has 1 N–H and O–H groups in total. The highest BCUT2D eigenvalue weighted by Crippen LogP contribution is 2.21. The Morgan fingerprint density at radius 2 is 2.50 bits per heavy atom. The molecule has 66 valence electrons. The molecule has 0 aliphatic rings. The maximum absolute atomic E-state index is 10.9. The average Bonchev–Trinajstić information content (AvgIpc) is 2.47. The third kappa shape index (κ3) is 2.60. The van der Waals surface area contributed by atoms with Gasteiger partial charge >= 0.3 is 0 Å². The normalized spacial score (nSPS) is 9.83. The van der Waals surface area contributed by atoms with Gasteiger partial charge in [-0.05, 0) is 27.4 Å². The molecule has 0 aliphatic carbocycles. The van der Waals surface area contributed by atoms with Crippen LogP contribution in [-0.2, 0) is 11.3 Å². The van der Waals surface area contributed by atoms with Gasteiger partial charge in [-0.2, -0.15) is 0 Å². The van der Waals surface area contributed by atoms with Crippen LogP contribution in [0, 0.1) is 0 Å². The Kier molecular flexibility index (Phi) is 3.75. The SMILES string of the molecule is CCC(=O)NCc1sccc1Br. The molecular formula is C8H10BrNOS. The van der Waals surface area contributed by atoms with E-state index in [2.05, 4.69) is 21.2 Å². The van der Waals surface area contributed by atoms with Gasteiger partial charge < -0.3 is 5.32 Å². The Morgan fingerprint density at radius 3 is 3.00 bits per heavy atom. The summed E-state index contributed by atoms with van der Waals surface area (Å²) in [4.78, 5) is 12.1. The van der Waals surface area contributed by atoms with E-state index < -0.39 is 0 Å². The van der Waals surface area contributed by atoms with Crippen LogP contribution >= 0.6 is 27.3 Å². The number of carbonyl (C=O) groups is 1. The molecule has 1 heterocycles. The molecule has 1 amide bonds. The highest BCUT2D eigenvalue weighted by molar-refractivity contribution is 9.10. The van der Waals surface area contributed by atoms with Crippen LogP contribution in [0.15, 0.2) is 15.9 Å². The van der Waals surface area contributed by atoms with Crippen molar-refractivity contribution in [1.82, 2.24) is 5.32 Å². The summed E-state index contributed by atoms with van der Waals surface area (Å²) < 4.78 is 1.07. The monoisotopic (exact) mass is 247 g/mol. The molecule has 0 aliphatic heterocycles. The molecule has 0 saturated heterocycles. The minimum atomic E-state index is 0.0929. The van der Waals surface area contributed by atoms with E-state index in [0.29, 0.717) is 13.0 Å². The number of hydrogen-bond donors (Lipinski definition) is 1. The van der Waals surface area contributed by atoms with E-state index in [1.807, 2.05) is 18.4 Å². The third-order valence-electron chi connectivity index (χ3n) is 1.46. The van der Waals surface area contributed by atoms with Gasteiger partial charge in [-0.1, -0.05) is 6.92 Å². The van der Waals surface area contributed by atoms with E-state index in [-0.39, 0.29) is 5.91 Å². The zero-order chi connectivity index (χ0) is 8.97. The van der Waals surface area contributed by atoms with Crippen molar-refractivity contribution in [1.29, 1.82) is 0 Å². The maximum Gasteiger partial charge on any atom is 0.220 e. The fourth-order valence-electron chi connectivity index (χ4n) is 0.755. The lowest BCUT2D eigenvalue weighted by atomic mass is 10.4. The predicted molar refractivity (Wildman–Crippen MR) is 54.2 cm³/mol. The highest BCUT2D eigenvalue weighted by atomic mass is 79.9. The third-order valence-corrected chi connectivity index (χ3v) is 3.38. The van der Waals surface area contributed by atoms with Crippen molar-refractivity contribution >= 4 is 33.2 Å². The quantitative estimate of drug-likeness (QED) is 0.874. The molecule has 0 fully saturated rings. The van der Waals surface area contributed by atoms with Gasteiger partial charge in [-0.15, -0.1) is 11.3 Å². The number of nitrogens with one attached hydrogen (secondary N) is 1. The molecule has 1 aromatic rings. The summed E-state index contributed by atoms with van der Waals surface area (Å²) in [6, 6.07) is 1.98. The van der Waals surface area contributed by atoms with E-state index in [1.165, 1.54) is 0 Å². The number of carbonyl (C=O) groups excluding carboxylic acids is 1. The predicted octanol–water partition coefficient (Wildman–Crippen LogP) is 2.54. The first-order valence-electron chi connectivity index (χ1n) is 3.72. The molecule has 0 spiro atoms. The summed E-state index contributed by atoms with van der Waals surface area (Å²) in [6.45, 7) is 2.48.